The minimum Gasteiger partial charge on any atom is -0.318 e. The number of benzene rings is 1. The highest BCUT2D eigenvalue weighted by atomic mass is 16.2. The van der Waals surface area contributed by atoms with Crippen molar-refractivity contribution in [2.24, 2.45) is 4.99 Å². The molecule has 72 valence electrons. The molecule has 1 aliphatic heterocycles. The number of nitrogens with zero attached hydrogens (tertiary/aromatic N) is 2. The van der Waals surface area contributed by atoms with E-state index >= 15 is 0 Å². The van der Waals surface area contributed by atoms with Gasteiger partial charge in [0.2, 0.25) is 0 Å². The molecule has 1 aromatic carbocycles. The van der Waals surface area contributed by atoms with Gasteiger partial charge in [-0.15, -0.1) is 0 Å². The predicted octanol–water partition coefficient (Wildman–Crippen LogP) is 1.84. The van der Waals surface area contributed by atoms with Crippen LogP contribution < -0.4 is 4.90 Å². The van der Waals surface area contributed by atoms with Crippen LogP contribution in [-0.4, -0.2) is 17.8 Å². The highest BCUT2D eigenvalue weighted by Gasteiger charge is 2.38. The molecule has 0 saturated carbocycles. The average Bonchev–Trinajstić information content (AvgIpc) is 2.44. The van der Waals surface area contributed by atoms with Crippen LogP contribution in [0.5, 0.6) is 0 Å². The van der Waals surface area contributed by atoms with Crippen molar-refractivity contribution in [2.45, 2.75) is 19.4 Å². The molecule has 1 amide bonds. The van der Waals surface area contributed by atoms with Crippen molar-refractivity contribution in [3.63, 3.8) is 0 Å². The Morgan fingerprint density at radius 1 is 1.21 bits per heavy atom. The number of carbonyl (C=O) groups excluding carboxylic acids is 1. The molecule has 1 aromatic rings. The first-order valence-corrected chi connectivity index (χ1v) is 4.55. The van der Waals surface area contributed by atoms with Crippen LogP contribution in [0.4, 0.5) is 5.69 Å². The number of amides is 1. The van der Waals surface area contributed by atoms with Crippen LogP contribution in [0.15, 0.2) is 35.3 Å². The molecule has 3 nitrogen and oxygen atoms in total. The van der Waals surface area contributed by atoms with E-state index < -0.39 is 5.54 Å². The Balaban J connectivity index is 2.38. The molecule has 3 heteroatoms. The lowest BCUT2D eigenvalue weighted by molar-refractivity contribution is -0.120. The number of hydrogen-bond acceptors (Lipinski definition) is 2. The van der Waals surface area contributed by atoms with Gasteiger partial charge in [-0.25, -0.2) is 4.99 Å². The largest absolute Gasteiger partial charge is 0.318 e. The van der Waals surface area contributed by atoms with Gasteiger partial charge in [0.05, 0.1) is 6.34 Å². The zero-order valence-electron chi connectivity index (χ0n) is 8.27. The van der Waals surface area contributed by atoms with E-state index in [-0.39, 0.29) is 5.91 Å². The van der Waals surface area contributed by atoms with Gasteiger partial charge in [-0.2, -0.15) is 0 Å². The van der Waals surface area contributed by atoms with E-state index in [1.807, 2.05) is 49.1 Å². The topological polar surface area (TPSA) is 32.7 Å². The van der Waals surface area contributed by atoms with Gasteiger partial charge in [0, 0.05) is 5.69 Å². The number of carbonyl (C=O) groups is 1. The molecule has 0 bridgehead atoms. The molecule has 0 aliphatic carbocycles. The Bertz CT molecular complexity index is 382. The molecular weight excluding hydrogens is 176 g/mol. The Kier molecular flexibility index (Phi) is 1.88. The second kappa shape index (κ2) is 2.94. The summed E-state index contributed by atoms with van der Waals surface area (Å²) in [7, 11) is 0. The summed E-state index contributed by atoms with van der Waals surface area (Å²) < 4.78 is 0. The molecule has 0 radical (unpaired) electrons. The fraction of sp³-hybridized carbons (Fsp3) is 0.273. The van der Waals surface area contributed by atoms with Gasteiger partial charge in [0.15, 0.2) is 0 Å². The maximum absolute atomic E-state index is 11.4. The third kappa shape index (κ3) is 1.21. The van der Waals surface area contributed by atoms with Gasteiger partial charge in [-0.1, -0.05) is 18.2 Å². The Labute approximate surface area is 83.1 Å². The van der Waals surface area contributed by atoms with Crippen molar-refractivity contribution in [1.29, 1.82) is 0 Å². The average molecular weight is 188 g/mol. The summed E-state index contributed by atoms with van der Waals surface area (Å²) in [6.45, 7) is 3.74. The molecule has 0 unspecified atom stereocenters. The van der Waals surface area contributed by atoms with Gasteiger partial charge in [-0.05, 0) is 26.0 Å². The second-order valence-corrected chi connectivity index (χ2v) is 3.81. The number of para-hydroxylation sites is 1. The van der Waals surface area contributed by atoms with Crippen molar-refractivity contribution in [3.8, 4) is 0 Å². The first kappa shape index (κ1) is 8.94. The quantitative estimate of drug-likeness (QED) is 0.673. The molecular formula is C11H12N2O. The molecule has 0 atom stereocenters. The first-order chi connectivity index (χ1) is 6.62. The first-order valence-electron chi connectivity index (χ1n) is 4.55. The summed E-state index contributed by atoms with van der Waals surface area (Å²) in [5.41, 5.74) is 0.438. The van der Waals surface area contributed by atoms with E-state index in [1.165, 1.54) is 0 Å². The molecule has 2 rings (SSSR count). The van der Waals surface area contributed by atoms with Crippen LogP contribution in [0.25, 0.3) is 0 Å². The summed E-state index contributed by atoms with van der Waals surface area (Å²) in [6, 6.07) is 9.77. The lowest BCUT2D eigenvalue weighted by Gasteiger charge is -2.29. The normalized spacial score (nSPS) is 19.0. The van der Waals surface area contributed by atoms with E-state index in [2.05, 4.69) is 4.99 Å². The zero-order valence-corrected chi connectivity index (χ0v) is 8.27. The van der Waals surface area contributed by atoms with Gasteiger partial charge in [0.1, 0.15) is 5.54 Å². The van der Waals surface area contributed by atoms with Crippen molar-refractivity contribution >= 4 is 17.9 Å². The van der Waals surface area contributed by atoms with Gasteiger partial charge < -0.3 is 4.90 Å². The SMILES string of the molecule is CC1(C)C(=O)N=CN1c1ccccc1. The number of aliphatic imine (C=N–C) groups is 1. The summed E-state index contributed by atoms with van der Waals surface area (Å²) in [6.07, 6.45) is 1.59. The third-order valence-corrected chi connectivity index (χ3v) is 2.45. The Morgan fingerprint density at radius 3 is 2.36 bits per heavy atom. The minimum atomic E-state index is -0.554. The van der Waals surface area contributed by atoms with E-state index in [9.17, 15) is 4.79 Å². The van der Waals surface area contributed by atoms with E-state index in [0.717, 1.165) is 5.69 Å². The van der Waals surface area contributed by atoms with Gasteiger partial charge in [0.25, 0.3) is 5.91 Å². The lowest BCUT2D eigenvalue weighted by atomic mass is 10.0. The second-order valence-electron chi connectivity index (χ2n) is 3.81. The summed E-state index contributed by atoms with van der Waals surface area (Å²) in [5, 5.41) is 0. The van der Waals surface area contributed by atoms with Crippen LogP contribution in [0.2, 0.25) is 0 Å². The lowest BCUT2D eigenvalue weighted by Crippen LogP contribution is -2.43. The molecule has 0 aromatic heterocycles. The smallest absolute Gasteiger partial charge is 0.272 e. The maximum atomic E-state index is 11.4. The van der Waals surface area contributed by atoms with Crippen molar-refractivity contribution < 1.29 is 4.79 Å². The highest BCUT2D eigenvalue weighted by Crippen LogP contribution is 2.26. The van der Waals surface area contributed by atoms with Crippen LogP contribution in [-0.2, 0) is 4.79 Å². The minimum absolute atomic E-state index is 0.0960. The molecule has 0 saturated heterocycles. The van der Waals surface area contributed by atoms with Crippen molar-refractivity contribution in [2.75, 3.05) is 4.90 Å². The van der Waals surface area contributed by atoms with E-state index in [0.29, 0.717) is 0 Å². The molecule has 0 spiro atoms. The van der Waals surface area contributed by atoms with E-state index in [4.69, 9.17) is 0 Å². The Morgan fingerprint density at radius 2 is 1.86 bits per heavy atom. The summed E-state index contributed by atoms with van der Waals surface area (Å²) >= 11 is 0. The van der Waals surface area contributed by atoms with Crippen LogP contribution >= 0.6 is 0 Å². The van der Waals surface area contributed by atoms with Crippen molar-refractivity contribution in [1.82, 2.24) is 0 Å². The van der Waals surface area contributed by atoms with Crippen LogP contribution in [0.3, 0.4) is 0 Å². The summed E-state index contributed by atoms with van der Waals surface area (Å²) in [4.78, 5) is 17.1. The van der Waals surface area contributed by atoms with Crippen LogP contribution in [0, 0.1) is 0 Å². The predicted molar refractivity (Wildman–Crippen MR) is 56.5 cm³/mol. The van der Waals surface area contributed by atoms with Gasteiger partial charge in [-0.3, -0.25) is 4.79 Å². The van der Waals surface area contributed by atoms with Crippen molar-refractivity contribution in [3.05, 3.63) is 30.3 Å². The summed E-state index contributed by atoms with van der Waals surface area (Å²) in [5.74, 6) is -0.0960. The monoisotopic (exact) mass is 188 g/mol. The van der Waals surface area contributed by atoms with Gasteiger partial charge >= 0.3 is 0 Å². The highest BCUT2D eigenvalue weighted by molar-refractivity contribution is 6.07. The van der Waals surface area contributed by atoms with E-state index in [1.54, 1.807) is 6.34 Å². The fourth-order valence-electron chi connectivity index (χ4n) is 1.49. The Hall–Kier alpha value is -1.64. The molecule has 1 heterocycles. The third-order valence-electron chi connectivity index (χ3n) is 2.45. The van der Waals surface area contributed by atoms with Crippen LogP contribution in [0.1, 0.15) is 13.8 Å². The maximum Gasteiger partial charge on any atom is 0.272 e. The molecule has 14 heavy (non-hydrogen) atoms. The number of anilines is 1. The molecule has 1 aliphatic rings. The zero-order chi connectivity index (χ0) is 10.2. The molecule has 0 fully saturated rings. The fourth-order valence-corrected chi connectivity index (χ4v) is 1.49. The standard InChI is InChI=1S/C11H12N2O/c1-11(2)10(14)12-8-13(11)9-6-4-3-5-7-9/h3-8H,1-2H3. The number of hydrogen-bond donors (Lipinski definition) is 0. The molecule has 0 N–H and O–H groups in total. The number of rotatable bonds is 1.